The van der Waals surface area contributed by atoms with Crippen LogP contribution in [0.4, 0.5) is 0 Å². The minimum absolute atomic E-state index is 0.309. The van der Waals surface area contributed by atoms with E-state index in [0.29, 0.717) is 22.4 Å². The summed E-state index contributed by atoms with van der Waals surface area (Å²) < 4.78 is 11.7. The van der Waals surface area contributed by atoms with Crippen LogP contribution in [0.5, 0.6) is 11.5 Å². The van der Waals surface area contributed by atoms with Gasteiger partial charge in [-0.25, -0.2) is 5.43 Å². The number of carbonyl (C=O) groups is 1. The van der Waals surface area contributed by atoms with Crippen molar-refractivity contribution in [2.45, 2.75) is 6.61 Å². The van der Waals surface area contributed by atoms with Gasteiger partial charge in [0.1, 0.15) is 18.1 Å². The van der Waals surface area contributed by atoms with E-state index in [4.69, 9.17) is 9.47 Å². The lowest BCUT2D eigenvalue weighted by Crippen LogP contribution is -2.17. The van der Waals surface area contributed by atoms with Gasteiger partial charge in [-0.05, 0) is 57.4 Å². The third-order valence-electron chi connectivity index (χ3n) is 3.90. The number of hydrogen-bond donors (Lipinski definition) is 1. The molecular weight excluding hydrogens is 420 g/mol. The summed E-state index contributed by atoms with van der Waals surface area (Å²) in [5, 5.41) is 4.02. The predicted molar refractivity (Wildman–Crippen MR) is 113 cm³/mol. The first kappa shape index (κ1) is 19.6. The number of rotatable bonds is 7. The van der Waals surface area contributed by atoms with Gasteiger partial charge in [0, 0.05) is 5.56 Å². The van der Waals surface area contributed by atoms with E-state index in [0.717, 1.165) is 16.9 Å². The molecule has 1 N–H and O–H groups in total. The highest BCUT2D eigenvalue weighted by Gasteiger charge is 2.07. The normalized spacial score (nSPS) is 10.6. The van der Waals surface area contributed by atoms with Crippen LogP contribution in [0.15, 0.2) is 82.4 Å². The maximum Gasteiger partial charge on any atom is 0.271 e. The fraction of sp³-hybridized carbons (Fsp3) is 0.0909. The van der Waals surface area contributed by atoms with Gasteiger partial charge in [0.2, 0.25) is 0 Å². The minimum atomic E-state index is -0.309. The number of nitrogens with zero attached hydrogens (tertiary/aromatic N) is 1. The molecule has 1 amide bonds. The second-order valence-corrected chi connectivity index (χ2v) is 6.75. The molecule has 3 rings (SSSR count). The second kappa shape index (κ2) is 9.71. The van der Waals surface area contributed by atoms with Gasteiger partial charge in [-0.3, -0.25) is 4.79 Å². The number of halogens is 1. The number of methoxy groups -OCH3 is 1. The standard InChI is InChI=1S/C22H19BrN2O3/c1-27-21-11-10-18(13-20(21)23)22(26)25-24-14-17-8-5-9-19(12-17)28-15-16-6-3-2-4-7-16/h2-14H,15H2,1H3,(H,25,26). The molecule has 142 valence electrons. The SMILES string of the molecule is COc1ccc(C(=O)NN=Cc2cccc(OCc3ccccc3)c2)cc1Br. The Bertz CT molecular complexity index is 975. The van der Waals surface area contributed by atoms with Gasteiger partial charge < -0.3 is 9.47 Å². The highest BCUT2D eigenvalue weighted by molar-refractivity contribution is 9.10. The number of carbonyl (C=O) groups excluding carboxylic acids is 1. The topological polar surface area (TPSA) is 59.9 Å². The molecule has 0 fully saturated rings. The summed E-state index contributed by atoms with van der Waals surface area (Å²) in [5.41, 5.74) is 4.91. The van der Waals surface area contributed by atoms with Crippen LogP contribution in [0.25, 0.3) is 0 Å². The van der Waals surface area contributed by atoms with Crippen molar-refractivity contribution in [3.05, 3.63) is 94.0 Å². The third kappa shape index (κ3) is 5.44. The van der Waals surface area contributed by atoms with Crippen LogP contribution in [-0.4, -0.2) is 19.2 Å². The van der Waals surface area contributed by atoms with Crippen molar-refractivity contribution in [2.75, 3.05) is 7.11 Å². The van der Waals surface area contributed by atoms with E-state index in [1.807, 2.05) is 54.6 Å². The zero-order valence-corrected chi connectivity index (χ0v) is 16.8. The van der Waals surface area contributed by atoms with Crippen LogP contribution >= 0.6 is 15.9 Å². The molecule has 0 aliphatic rings. The molecule has 0 atom stereocenters. The van der Waals surface area contributed by atoms with Gasteiger partial charge in [-0.15, -0.1) is 0 Å². The van der Waals surface area contributed by atoms with E-state index in [9.17, 15) is 4.79 Å². The monoisotopic (exact) mass is 438 g/mol. The van der Waals surface area contributed by atoms with E-state index in [1.165, 1.54) is 0 Å². The number of nitrogens with one attached hydrogen (secondary N) is 1. The zero-order chi connectivity index (χ0) is 19.8. The lowest BCUT2D eigenvalue weighted by molar-refractivity contribution is 0.0955. The molecule has 6 heteroatoms. The summed E-state index contributed by atoms with van der Waals surface area (Å²) in [6.07, 6.45) is 1.58. The van der Waals surface area contributed by atoms with Crippen LogP contribution in [-0.2, 0) is 6.61 Å². The summed E-state index contributed by atoms with van der Waals surface area (Å²) >= 11 is 3.36. The first-order chi connectivity index (χ1) is 13.7. The second-order valence-electron chi connectivity index (χ2n) is 5.90. The lowest BCUT2D eigenvalue weighted by atomic mass is 10.2. The molecule has 0 heterocycles. The van der Waals surface area contributed by atoms with Gasteiger partial charge in [-0.1, -0.05) is 42.5 Å². The average Bonchev–Trinajstić information content (AvgIpc) is 2.73. The molecule has 5 nitrogen and oxygen atoms in total. The molecule has 0 spiro atoms. The smallest absolute Gasteiger partial charge is 0.271 e. The zero-order valence-electron chi connectivity index (χ0n) is 15.3. The Balaban J connectivity index is 1.58. The first-order valence-electron chi connectivity index (χ1n) is 8.59. The average molecular weight is 439 g/mol. The number of benzene rings is 3. The van der Waals surface area contributed by atoms with Crippen molar-refractivity contribution in [1.82, 2.24) is 5.43 Å². The van der Waals surface area contributed by atoms with Gasteiger partial charge in [0.05, 0.1) is 17.8 Å². The summed E-state index contributed by atoms with van der Waals surface area (Å²) in [5.74, 6) is 1.08. The quantitative estimate of drug-likeness (QED) is 0.425. The Morgan fingerprint density at radius 2 is 1.89 bits per heavy atom. The summed E-state index contributed by atoms with van der Waals surface area (Å²) in [7, 11) is 1.57. The third-order valence-corrected chi connectivity index (χ3v) is 4.52. The van der Waals surface area contributed by atoms with Gasteiger partial charge in [0.15, 0.2) is 0 Å². The number of amides is 1. The summed E-state index contributed by atoms with van der Waals surface area (Å²) in [6, 6.07) is 22.5. The Morgan fingerprint density at radius 3 is 2.64 bits per heavy atom. The predicted octanol–water partition coefficient (Wildman–Crippen LogP) is 4.80. The van der Waals surface area contributed by atoms with Crippen molar-refractivity contribution in [3.63, 3.8) is 0 Å². The molecule has 0 saturated carbocycles. The molecule has 0 radical (unpaired) electrons. The number of hydrazone groups is 1. The van der Waals surface area contributed by atoms with Gasteiger partial charge in [0.25, 0.3) is 5.91 Å². The molecule has 3 aromatic rings. The fourth-order valence-electron chi connectivity index (χ4n) is 2.46. The van der Waals surface area contributed by atoms with Crippen molar-refractivity contribution in [2.24, 2.45) is 5.10 Å². The maximum atomic E-state index is 12.2. The molecular formula is C22H19BrN2O3. The molecule has 0 aliphatic heterocycles. The Kier molecular flexibility index (Phi) is 6.81. The molecule has 0 unspecified atom stereocenters. The van der Waals surface area contributed by atoms with Crippen molar-refractivity contribution in [1.29, 1.82) is 0 Å². The summed E-state index contributed by atoms with van der Waals surface area (Å²) in [4.78, 5) is 12.2. The van der Waals surface area contributed by atoms with Crippen LogP contribution < -0.4 is 14.9 Å². The molecule has 0 aromatic heterocycles. The van der Waals surface area contributed by atoms with Crippen LogP contribution in [0.3, 0.4) is 0 Å². The van der Waals surface area contributed by atoms with E-state index in [2.05, 4.69) is 26.5 Å². The molecule has 0 aliphatic carbocycles. The fourth-order valence-corrected chi connectivity index (χ4v) is 3.00. The van der Waals surface area contributed by atoms with Gasteiger partial charge in [-0.2, -0.15) is 5.10 Å². The first-order valence-corrected chi connectivity index (χ1v) is 9.39. The Morgan fingerprint density at radius 1 is 1.07 bits per heavy atom. The lowest BCUT2D eigenvalue weighted by Gasteiger charge is -2.07. The van der Waals surface area contributed by atoms with E-state index < -0.39 is 0 Å². The van der Waals surface area contributed by atoms with E-state index >= 15 is 0 Å². The van der Waals surface area contributed by atoms with Gasteiger partial charge >= 0.3 is 0 Å². The molecule has 28 heavy (non-hydrogen) atoms. The van der Waals surface area contributed by atoms with Crippen LogP contribution in [0.1, 0.15) is 21.5 Å². The maximum absolute atomic E-state index is 12.2. The Labute approximate surface area is 172 Å². The number of ether oxygens (including phenoxy) is 2. The van der Waals surface area contributed by atoms with Crippen molar-refractivity contribution < 1.29 is 14.3 Å². The summed E-state index contributed by atoms with van der Waals surface area (Å²) in [6.45, 7) is 0.491. The highest BCUT2D eigenvalue weighted by Crippen LogP contribution is 2.25. The Hall–Kier alpha value is -3.12. The van der Waals surface area contributed by atoms with E-state index in [1.54, 1.807) is 31.5 Å². The highest BCUT2D eigenvalue weighted by atomic mass is 79.9. The van der Waals surface area contributed by atoms with Crippen molar-refractivity contribution >= 4 is 28.1 Å². The minimum Gasteiger partial charge on any atom is -0.496 e. The van der Waals surface area contributed by atoms with Crippen molar-refractivity contribution in [3.8, 4) is 11.5 Å². The largest absolute Gasteiger partial charge is 0.496 e. The van der Waals surface area contributed by atoms with Crippen LogP contribution in [0.2, 0.25) is 0 Å². The molecule has 0 saturated heterocycles. The van der Waals surface area contributed by atoms with E-state index in [-0.39, 0.29) is 5.91 Å². The van der Waals surface area contributed by atoms with Crippen LogP contribution in [0, 0.1) is 0 Å². The molecule has 0 bridgehead atoms. The molecule has 3 aromatic carbocycles. The number of hydrogen-bond acceptors (Lipinski definition) is 4.